The number of fused-ring (bicyclic) bond motifs is 1. The molecule has 24 heavy (non-hydrogen) atoms. The highest BCUT2D eigenvalue weighted by molar-refractivity contribution is 7.21. The zero-order valence-electron chi connectivity index (χ0n) is 12.1. The Kier molecular flexibility index (Phi) is 5.13. The Bertz CT molecular complexity index is 955. The number of methoxy groups -OCH3 is 1. The molecule has 0 spiro atoms. The summed E-state index contributed by atoms with van der Waals surface area (Å²) in [5, 5.41) is 5.01. The number of hydrogen-bond acceptors (Lipinski definition) is 3. The summed E-state index contributed by atoms with van der Waals surface area (Å²) in [5.74, 6) is 0.111. The lowest BCUT2D eigenvalue weighted by molar-refractivity contribution is 0.103. The van der Waals surface area contributed by atoms with Gasteiger partial charge in [0.25, 0.3) is 5.91 Å². The minimum Gasteiger partial charge on any atom is -0.495 e. The van der Waals surface area contributed by atoms with E-state index in [0.717, 1.165) is 4.70 Å². The summed E-state index contributed by atoms with van der Waals surface area (Å²) >= 11 is 25.7. The van der Waals surface area contributed by atoms with Crippen molar-refractivity contribution in [1.29, 1.82) is 0 Å². The van der Waals surface area contributed by atoms with E-state index in [1.54, 1.807) is 30.3 Å². The number of anilines is 1. The number of ether oxygens (including phenoxy) is 1. The summed E-state index contributed by atoms with van der Waals surface area (Å²) in [4.78, 5) is 13.0. The van der Waals surface area contributed by atoms with Crippen LogP contribution in [0.3, 0.4) is 0 Å². The average molecular weight is 421 g/mol. The van der Waals surface area contributed by atoms with Crippen LogP contribution in [0.2, 0.25) is 20.1 Å². The van der Waals surface area contributed by atoms with Crippen molar-refractivity contribution in [3.05, 3.63) is 55.3 Å². The molecule has 0 saturated heterocycles. The second-order valence-corrected chi connectivity index (χ2v) is 7.51. The zero-order valence-corrected chi connectivity index (χ0v) is 16.0. The summed E-state index contributed by atoms with van der Waals surface area (Å²) in [5.41, 5.74) is 0.452. The Morgan fingerprint density at radius 1 is 1.08 bits per heavy atom. The van der Waals surface area contributed by atoms with E-state index >= 15 is 0 Å². The summed E-state index contributed by atoms with van der Waals surface area (Å²) in [6.45, 7) is 0. The van der Waals surface area contributed by atoms with Gasteiger partial charge in [-0.1, -0.05) is 46.4 Å². The lowest BCUT2D eigenvalue weighted by Crippen LogP contribution is -2.11. The molecule has 1 amide bonds. The molecule has 0 fully saturated rings. The van der Waals surface area contributed by atoms with E-state index in [-0.39, 0.29) is 10.9 Å². The van der Waals surface area contributed by atoms with Gasteiger partial charge in [-0.25, -0.2) is 0 Å². The number of halogens is 4. The molecule has 8 heteroatoms. The van der Waals surface area contributed by atoms with Gasteiger partial charge in [-0.3, -0.25) is 4.79 Å². The van der Waals surface area contributed by atoms with Gasteiger partial charge >= 0.3 is 0 Å². The third kappa shape index (κ3) is 3.30. The second kappa shape index (κ2) is 6.98. The van der Waals surface area contributed by atoms with Crippen LogP contribution >= 0.6 is 57.7 Å². The third-order valence-corrected chi connectivity index (χ3v) is 5.64. The Labute approximate surface area is 162 Å². The molecule has 0 radical (unpaired) electrons. The normalized spacial score (nSPS) is 10.9. The first-order valence-electron chi connectivity index (χ1n) is 6.62. The zero-order chi connectivity index (χ0) is 17.4. The van der Waals surface area contributed by atoms with E-state index in [2.05, 4.69) is 5.32 Å². The van der Waals surface area contributed by atoms with E-state index in [1.807, 2.05) is 0 Å². The van der Waals surface area contributed by atoms with Crippen molar-refractivity contribution in [2.75, 3.05) is 12.4 Å². The number of amides is 1. The molecule has 3 aromatic rings. The van der Waals surface area contributed by atoms with Crippen molar-refractivity contribution in [2.45, 2.75) is 0 Å². The van der Waals surface area contributed by atoms with Gasteiger partial charge in [-0.2, -0.15) is 0 Å². The van der Waals surface area contributed by atoms with E-state index in [0.29, 0.717) is 36.8 Å². The highest BCUT2D eigenvalue weighted by atomic mass is 35.5. The molecule has 0 aliphatic rings. The largest absolute Gasteiger partial charge is 0.495 e. The smallest absolute Gasteiger partial charge is 0.267 e. The molecule has 0 atom stereocenters. The van der Waals surface area contributed by atoms with Crippen LogP contribution in [-0.4, -0.2) is 13.0 Å². The minimum atomic E-state index is -0.381. The molecule has 1 heterocycles. The van der Waals surface area contributed by atoms with Gasteiger partial charge in [-0.05, 0) is 30.3 Å². The fourth-order valence-corrected chi connectivity index (χ4v) is 4.66. The summed E-state index contributed by atoms with van der Waals surface area (Å²) in [7, 11) is 1.51. The van der Waals surface area contributed by atoms with Crippen molar-refractivity contribution in [1.82, 2.24) is 0 Å². The molecule has 0 unspecified atom stereocenters. The van der Waals surface area contributed by atoms with E-state index in [4.69, 9.17) is 51.1 Å². The van der Waals surface area contributed by atoms with Crippen LogP contribution in [0.4, 0.5) is 5.69 Å². The molecule has 0 saturated carbocycles. The number of carbonyl (C=O) groups is 1. The van der Waals surface area contributed by atoms with Crippen LogP contribution in [-0.2, 0) is 0 Å². The molecule has 1 aromatic heterocycles. The van der Waals surface area contributed by atoms with E-state index in [9.17, 15) is 4.79 Å². The van der Waals surface area contributed by atoms with Gasteiger partial charge in [0.05, 0.1) is 22.8 Å². The number of hydrogen-bond donors (Lipinski definition) is 1. The van der Waals surface area contributed by atoms with Crippen molar-refractivity contribution < 1.29 is 9.53 Å². The number of rotatable bonds is 3. The van der Waals surface area contributed by atoms with Crippen LogP contribution in [0.25, 0.3) is 10.1 Å². The number of carbonyl (C=O) groups excluding carboxylic acids is 1. The van der Waals surface area contributed by atoms with Crippen molar-refractivity contribution in [3.8, 4) is 5.75 Å². The Morgan fingerprint density at radius 2 is 1.83 bits per heavy atom. The molecular weight excluding hydrogens is 412 g/mol. The fourth-order valence-electron chi connectivity index (χ4n) is 2.21. The van der Waals surface area contributed by atoms with Crippen LogP contribution in [0.5, 0.6) is 5.75 Å². The van der Waals surface area contributed by atoms with Gasteiger partial charge in [0, 0.05) is 20.1 Å². The van der Waals surface area contributed by atoms with E-state index in [1.165, 1.54) is 18.4 Å². The van der Waals surface area contributed by atoms with E-state index < -0.39 is 0 Å². The molecule has 1 N–H and O–H groups in total. The molecular formula is C16H9Cl4NO2S. The highest BCUT2D eigenvalue weighted by Crippen LogP contribution is 2.41. The van der Waals surface area contributed by atoms with Crippen LogP contribution in [0.15, 0.2) is 30.3 Å². The molecule has 2 aromatic carbocycles. The van der Waals surface area contributed by atoms with Gasteiger partial charge in [0.2, 0.25) is 0 Å². The van der Waals surface area contributed by atoms with Gasteiger partial charge in [-0.15, -0.1) is 11.3 Å². The summed E-state index contributed by atoms with van der Waals surface area (Å²) in [6, 6.07) is 8.25. The van der Waals surface area contributed by atoms with Crippen molar-refractivity contribution in [3.63, 3.8) is 0 Å². The number of benzene rings is 2. The Morgan fingerprint density at radius 3 is 2.54 bits per heavy atom. The Balaban J connectivity index is 2.02. The Hall–Kier alpha value is -1.17. The first kappa shape index (κ1) is 17.6. The topological polar surface area (TPSA) is 38.3 Å². The van der Waals surface area contributed by atoms with Crippen LogP contribution in [0, 0.1) is 0 Å². The van der Waals surface area contributed by atoms with Gasteiger partial charge < -0.3 is 10.1 Å². The molecule has 0 aliphatic carbocycles. The predicted molar refractivity (Wildman–Crippen MR) is 103 cm³/mol. The van der Waals surface area contributed by atoms with Crippen molar-refractivity contribution >= 4 is 79.4 Å². The number of nitrogens with one attached hydrogen (secondary N) is 1. The molecule has 0 bridgehead atoms. The molecule has 124 valence electrons. The molecule has 0 aliphatic heterocycles. The third-order valence-electron chi connectivity index (χ3n) is 3.27. The maximum absolute atomic E-state index is 12.6. The lowest BCUT2D eigenvalue weighted by atomic mass is 10.2. The van der Waals surface area contributed by atoms with Crippen molar-refractivity contribution in [2.24, 2.45) is 0 Å². The maximum Gasteiger partial charge on any atom is 0.267 e. The average Bonchev–Trinajstić information content (AvgIpc) is 2.84. The first-order valence-corrected chi connectivity index (χ1v) is 8.95. The second-order valence-electron chi connectivity index (χ2n) is 4.80. The molecule has 3 rings (SSSR count). The molecule has 3 nitrogen and oxygen atoms in total. The fraction of sp³-hybridized carbons (Fsp3) is 0.0625. The monoisotopic (exact) mass is 419 g/mol. The summed E-state index contributed by atoms with van der Waals surface area (Å²) in [6.07, 6.45) is 0. The summed E-state index contributed by atoms with van der Waals surface area (Å²) < 4.78 is 5.96. The highest BCUT2D eigenvalue weighted by Gasteiger charge is 2.20. The maximum atomic E-state index is 12.6. The SMILES string of the molecule is COc1ccc(Cl)cc1NC(=O)c1sc2cc(Cl)cc(Cl)c2c1Cl. The quantitative estimate of drug-likeness (QED) is 0.507. The minimum absolute atomic E-state index is 0.287. The van der Waals surface area contributed by atoms with Crippen LogP contribution in [0.1, 0.15) is 9.67 Å². The standard InChI is InChI=1S/C16H9Cl4NO2S/c1-23-11-3-2-7(17)5-10(11)21-16(22)15-14(20)13-9(19)4-8(18)6-12(13)24-15/h2-6H,1H3,(H,21,22). The first-order chi connectivity index (χ1) is 11.4. The lowest BCUT2D eigenvalue weighted by Gasteiger charge is -2.10. The van der Waals surface area contributed by atoms with Crippen LogP contribution < -0.4 is 10.1 Å². The van der Waals surface area contributed by atoms with Gasteiger partial charge in [0.1, 0.15) is 10.6 Å². The number of thiophene rings is 1. The van der Waals surface area contributed by atoms with Gasteiger partial charge in [0.15, 0.2) is 0 Å². The predicted octanol–water partition coefficient (Wildman–Crippen LogP) is 6.78.